The molecule has 1 fully saturated rings. The molecule has 11 heavy (non-hydrogen) atoms. The monoisotopic (exact) mass is 160 g/mol. The van der Waals surface area contributed by atoms with Crippen LogP contribution in [0.1, 0.15) is 5.56 Å². The van der Waals surface area contributed by atoms with Crippen molar-refractivity contribution < 1.29 is 23.6 Å². The molecule has 52 valence electrons. The fraction of sp³-hybridized carbons (Fsp3) is 0.125. The van der Waals surface area contributed by atoms with Crippen LogP contribution in [0.3, 0.4) is 0 Å². The van der Waals surface area contributed by atoms with Crippen molar-refractivity contribution in [2.24, 2.45) is 0 Å². The Bertz CT molecular complexity index is 248. The number of halogens is 1. The van der Waals surface area contributed by atoms with Crippen LogP contribution in [-0.2, 0) is 4.74 Å². The number of rotatable bonds is 1. The largest absolute Gasteiger partial charge is 1.00 e. The van der Waals surface area contributed by atoms with Crippen LogP contribution < -0.4 is 18.9 Å². The second-order valence-corrected chi connectivity index (χ2v) is 2.60. The molecule has 0 saturated carbocycles. The maximum atomic E-state index is 5.86. The van der Waals surface area contributed by atoms with E-state index >= 15 is 0 Å². The van der Waals surface area contributed by atoms with E-state index in [4.69, 9.17) is 16.3 Å². The third-order valence-corrected chi connectivity index (χ3v) is 1.79. The maximum absolute atomic E-state index is 5.86. The first-order valence-corrected chi connectivity index (χ1v) is 3.49. The Morgan fingerprint density at radius 1 is 1.36 bits per heavy atom. The summed E-state index contributed by atoms with van der Waals surface area (Å²) >= 11 is 5.86. The summed E-state index contributed by atoms with van der Waals surface area (Å²) < 4.78 is 5.01. The molecular formula is C8H6ClLiO. The predicted octanol–water partition coefficient (Wildman–Crippen LogP) is -0.746. The van der Waals surface area contributed by atoms with Gasteiger partial charge in [-0.25, -0.2) is 0 Å². The zero-order chi connectivity index (χ0) is 6.97. The zero-order valence-electron chi connectivity index (χ0n) is 6.30. The SMILES string of the molecule is Clc1ccccc1[C-]1CO1.[Li+]. The maximum Gasteiger partial charge on any atom is 1.00 e. The van der Waals surface area contributed by atoms with Crippen molar-refractivity contribution in [2.45, 2.75) is 0 Å². The van der Waals surface area contributed by atoms with E-state index in [0.717, 1.165) is 23.3 Å². The van der Waals surface area contributed by atoms with E-state index in [1.54, 1.807) is 0 Å². The number of hydrogen-bond donors (Lipinski definition) is 0. The Kier molecular flexibility index (Phi) is 2.92. The average Bonchev–Trinajstić information content (AvgIpc) is 2.71. The molecule has 0 aromatic heterocycles. The first kappa shape index (κ1) is 9.03. The molecule has 1 heterocycles. The molecule has 0 bridgehead atoms. The number of epoxide rings is 1. The van der Waals surface area contributed by atoms with Gasteiger partial charge in [0.25, 0.3) is 0 Å². The molecule has 1 aliphatic heterocycles. The summed E-state index contributed by atoms with van der Waals surface area (Å²) in [4.78, 5) is 0. The third kappa shape index (κ3) is 1.95. The molecule has 0 radical (unpaired) electrons. The number of ether oxygens (including phenoxy) is 1. The molecule has 0 N–H and O–H groups in total. The second kappa shape index (κ2) is 3.56. The van der Waals surface area contributed by atoms with Crippen molar-refractivity contribution in [1.82, 2.24) is 0 Å². The van der Waals surface area contributed by atoms with Gasteiger partial charge < -0.3 is 4.74 Å². The summed E-state index contributed by atoms with van der Waals surface area (Å²) in [7, 11) is 0. The average molecular weight is 161 g/mol. The minimum Gasteiger partial charge on any atom is -0.414 e. The normalized spacial score (nSPS) is 14.1. The van der Waals surface area contributed by atoms with Crippen molar-refractivity contribution in [1.29, 1.82) is 0 Å². The van der Waals surface area contributed by atoms with Crippen molar-refractivity contribution in [3.63, 3.8) is 0 Å². The molecule has 0 aliphatic carbocycles. The Morgan fingerprint density at radius 3 is 2.55 bits per heavy atom. The van der Waals surface area contributed by atoms with Crippen LogP contribution in [0.2, 0.25) is 5.02 Å². The molecular weight excluding hydrogens is 154 g/mol. The Hall–Kier alpha value is -0.0626. The van der Waals surface area contributed by atoms with E-state index in [1.165, 1.54) is 0 Å². The van der Waals surface area contributed by atoms with E-state index in [0.29, 0.717) is 0 Å². The molecule has 1 saturated heterocycles. The molecule has 1 nitrogen and oxygen atoms in total. The second-order valence-electron chi connectivity index (χ2n) is 2.19. The zero-order valence-corrected chi connectivity index (χ0v) is 7.06. The Labute approximate surface area is 82.9 Å². The van der Waals surface area contributed by atoms with Crippen molar-refractivity contribution >= 4 is 11.6 Å². The van der Waals surface area contributed by atoms with E-state index in [2.05, 4.69) is 0 Å². The van der Waals surface area contributed by atoms with Crippen LogP contribution in [0, 0.1) is 6.10 Å². The summed E-state index contributed by atoms with van der Waals surface area (Å²) in [6.07, 6.45) is 1.01. The van der Waals surface area contributed by atoms with E-state index in [-0.39, 0.29) is 18.9 Å². The van der Waals surface area contributed by atoms with Crippen molar-refractivity contribution in [3.8, 4) is 0 Å². The van der Waals surface area contributed by atoms with Gasteiger partial charge in [0.15, 0.2) is 0 Å². The molecule has 2 rings (SSSR count). The van der Waals surface area contributed by atoms with Crippen LogP contribution in [0.4, 0.5) is 0 Å². The topological polar surface area (TPSA) is 12.5 Å². The first-order valence-electron chi connectivity index (χ1n) is 3.11. The van der Waals surface area contributed by atoms with Crippen LogP contribution >= 0.6 is 11.6 Å². The summed E-state index contributed by atoms with van der Waals surface area (Å²) in [6, 6.07) is 7.70. The van der Waals surface area contributed by atoms with Gasteiger partial charge in [-0.2, -0.15) is 17.7 Å². The summed E-state index contributed by atoms with van der Waals surface area (Å²) in [5, 5.41) is 0.773. The molecule has 0 unspecified atom stereocenters. The fourth-order valence-corrected chi connectivity index (χ4v) is 1.12. The van der Waals surface area contributed by atoms with E-state index < -0.39 is 0 Å². The standard InChI is InChI=1S/C8H6ClO.Li/c9-7-4-2-1-3-6(7)8-5-10-8;/h1-4H,5H2;/q-1;+1. The Balaban J connectivity index is 0.000000605. The fourth-order valence-electron chi connectivity index (χ4n) is 0.879. The van der Waals surface area contributed by atoms with Crippen LogP contribution in [0.25, 0.3) is 0 Å². The molecule has 0 atom stereocenters. The first-order chi connectivity index (χ1) is 4.88. The van der Waals surface area contributed by atoms with Gasteiger partial charge in [0.2, 0.25) is 0 Å². The summed E-state index contributed by atoms with van der Waals surface area (Å²) in [5.41, 5.74) is 1.03. The van der Waals surface area contributed by atoms with Crippen LogP contribution in [0.15, 0.2) is 24.3 Å². The Morgan fingerprint density at radius 2 is 2.00 bits per heavy atom. The summed E-state index contributed by atoms with van der Waals surface area (Å²) in [6.45, 7) is 0.740. The summed E-state index contributed by atoms with van der Waals surface area (Å²) in [5.74, 6) is 0. The van der Waals surface area contributed by atoms with Crippen LogP contribution in [-0.4, -0.2) is 6.61 Å². The molecule has 3 heteroatoms. The molecule has 1 aromatic carbocycles. The smallest absolute Gasteiger partial charge is 0.414 e. The number of hydrogen-bond acceptors (Lipinski definition) is 1. The van der Waals surface area contributed by atoms with Gasteiger partial charge in [-0.05, 0) is 6.10 Å². The van der Waals surface area contributed by atoms with Gasteiger partial charge in [-0.3, -0.25) is 0 Å². The van der Waals surface area contributed by atoms with Gasteiger partial charge >= 0.3 is 18.9 Å². The molecule has 0 amide bonds. The van der Waals surface area contributed by atoms with Crippen molar-refractivity contribution in [2.75, 3.05) is 6.61 Å². The molecule has 1 aliphatic rings. The third-order valence-electron chi connectivity index (χ3n) is 1.46. The van der Waals surface area contributed by atoms with Crippen LogP contribution in [0.5, 0.6) is 0 Å². The number of benzene rings is 1. The van der Waals surface area contributed by atoms with Crippen molar-refractivity contribution in [3.05, 3.63) is 41.0 Å². The minimum absolute atomic E-state index is 0. The predicted molar refractivity (Wildman–Crippen MR) is 39.7 cm³/mol. The van der Waals surface area contributed by atoms with Gasteiger partial charge in [-0.1, -0.05) is 11.1 Å². The molecule has 0 spiro atoms. The van der Waals surface area contributed by atoms with Gasteiger partial charge in [0.05, 0.1) is 0 Å². The van der Waals surface area contributed by atoms with E-state index in [9.17, 15) is 0 Å². The van der Waals surface area contributed by atoms with Gasteiger partial charge in [-0.15, -0.1) is 17.7 Å². The molecule has 1 aromatic rings. The van der Waals surface area contributed by atoms with Gasteiger partial charge in [0.1, 0.15) is 0 Å². The van der Waals surface area contributed by atoms with E-state index in [1.807, 2.05) is 24.3 Å². The quantitative estimate of drug-likeness (QED) is 0.299. The minimum atomic E-state index is 0. The van der Waals surface area contributed by atoms with Gasteiger partial charge in [0, 0.05) is 6.61 Å².